The second-order valence-electron chi connectivity index (χ2n) is 6.67. The lowest BCUT2D eigenvalue weighted by atomic mass is 10.2. The highest BCUT2D eigenvalue weighted by atomic mass is 16.5. The Morgan fingerprint density at radius 3 is 2.57 bits per heavy atom. The molecule has 3 heterocycles. The number of furan rings is 1. The van der Waals surface area contributed by atoms with Crippen molar-refractivity contribution in [3.8, 4) is 17.1 Å². The molecule has 6 nitrogen and oxygen atoms in total. The summed E-state index contributed by atoms with van der Waals surface area (Å²) in [5, 5.41) is 12.5. The minimum Gasteiger partial charge on any atom is -0.454 e. The van der Waals surface area contributed by atoms with Gasteiger partial charge in [0.05, 0.1) is 38.2 Å². The van der Waals surface area contributed by atoms with Gasteiger partial charge in [-0.25, -0.2) is 4.68 Å². The molecular formula is C22H20N4O2. The summed E-state index contributed by atoms with van der Waals surface area (Å²) in [4.78, 5) is 0. The second kappa shape index (κ2) is 7.32. The molecule has 0 saturated carbocycles. The zero-order valence-electron chi connectivity index (χ0n) is 15.4. The fourth-order valence-electron chi connectivity index (χ4n) is 3.30. The largest absolute Gasteiger partial charge is 0.454 e. The van der Waals surface area contributed by atoms with E-state index in [0.29, 0.717) is 13.2 Å². The Balaban J connectivity index is 1.57. The normalized spacial score (nSPS) is 14.9. The second-order valence-corrected chi connectivity index (χ2v) is 6.67. The lowest BCUT2D eigenvalue weighted by Crippen LogP contribution is -2.32. The van der Waals surface area contributed by atoms with Gasteiger partial charge in [-0.2, -0.15) is 10.2 Å². The minimum absolute atomic E-state index is 0.705. The van der Waals surface area contributed by atoms with E-state index in [9.17, 15) is 0 Å². The van der Waals surface area contributed by atoms with E-state index in [1.54, 1.807) is 0 Å². The van der Waals surface area contributed by atoms with Gasteiger partial charge in [-0.1, -0.05) is 36.4 Å². The summed E-state index contributed by atoms with van der Waals surface area (Å²) in [5.41, 5.74) is 3.53. The first-order valence-corrected chi connectivity index (χ1v) is 9.37. The molecule has 6 heteroatoms. The van der Waals surface area contributed by atoms with E-state index in [2.05, 4.69) is 5.10 Å². The lowest BCUT2D eigenvalue weighted by molar-refractivity contribution is 0.0397. The van der Waals surface area contributed by atoms with Gasteiger partial charge in [-0.05, 0) is 24.3 Å². The third-order valence-corrected chi connectivity index (χ3v) is 4.77. The van der Waals surface area contributed by atoms with Gasteiger partial charge in [0.2, 0.25) is 0 Å². The molecule has 4 aromatic rings. The number of hydrazone groups is 1. The summed E-state index contributed by atoms with van der Waals surface area (Å²) >= 11 is 0. The quantitative estimate of drug-likeness (QED) is 0.509. The maximum atomic E-state index is 6.06. The lowest BCUT2D eigenvalue weighted by Gasteiger charge is -2.23. The van der Waals surface area contributed by atoms with Crippen molar-refractivity contribution < 1.29 is 9.15 Å². The molecule has 1 fully saturated rings. The van der Waals surface area contributed by atoms with E-state index >= 15 is 0 Å². The highest BCUT2D eigenvalue weighted by Crippen LogP contribution is 2.29. The Morgan fingerprint density at radius 2 is 1.75 bits per heavy atom. The van der Waals surface area contributed by atoms with Gasteiger partial charge in [0.25, 0.3) is 0 Å². The van der Waals surface area contributed by atoms with Crippen molar-refractivity contribution in [2.45, 2.75) is 0 Å². The maximum absolute atomic E-state index is 6.06. The number of para-hydroxylation sites is 2. The van der Waals surface area contributed by atoms with Crippen molar-refractivity contribution in [3.63, 3.8) is 0 Å². The van der Waals surface area contributed by atoms with Crippen molar-refractivity contribution in [2.75, 3.05) is 26.3 Å². The Hall–Kier alpha value is -3.38. The number of morpholine rings is 1. The predicted molar refractivity (Wildman–Crippen MR) is 109 cm³/mol. The van der Waals surface area contributed by atoms with Gasteiger partial charge in [-0.15, -0.1) is 0 Å². The van der Waals surface area contributed by atoms with Gasteiger partial charge in [0, 0.05) is 17.1 Å². The predicted octanol–water partition coefficient (Wildman–Crippen LogP) is 3.95. The smallest absolute Gasteiger partial charge is 0.156 e. The molecule has 140 valence electrons. The first-order chi connectivity index (χ1) is 13.9. The molecule has 0 spiro atoms. The van der Waals surface area contributed by atoms with Crippen LogP contribution in [0.1, 0.15) is 5.56 Å². The van der Waals surface area contributed by atoms with E-state index in [4.69, 9.17) is 14.3 Å². The van der Waals surface area contributed by atoms with Gasteiger partial charge in [0.15, 0.2) is 5.76 Å². The number of fused-ring (bicyclic) bond motifs is 1. The molecule has 0 bridgehead atoms. The number of nitrogens with zero attached hydrogens (tertiary/aromatic N) is 4. The number of rotatable bonds is 4. The van der Waals surface area contributed by atoms with Crippen molar-refractivity contribution in [2.24, 2.45) is 5.10 Å². The van der Waals surface area contributed by atoms with Crippen molar-refractivity contribution in [3.05, 3.63) is 72.4 Å². The summed E-state index contributed by atoms with van der Waals surface area (Å²) < 4.78 is 13.3. The average Bonchev–Trinajstić information content (AvgIpc) is 3.38. The third-order valence-electron chi connectivity index (χ3n) is 4.77. The van der Waals surface area contributed by atoms with Crippen LogP contribution in [0.25, 0.3) is 28.1 Å². The first-order valence-electron chi connectivity index (χ1n) is 9.37. The standard InChI is InChI=1S/C22H20N4O2/c1-2-7-19(8-3-1)26-16-18(15-23-25-10-12-27-13-11-25)22(24-26)21-14-17-6-4-5-9-20(17)28-21/h1-9,14-16H,10-13H2/b23-15+. The van der Waals surface area contributed by atoms with Crippen LogP contribution >= 0.6 is 0 Å². The number of hydrogen-bond acceptors (Lipinski definition) is 5. The van der Waals surface area contributed by atoms with E-state index in [-0.39, 0.29) is 0 Å². The van der Waals surface area contributed by atoms with Crippen molar-refractivity contribution in [1.82, 2.24) is 14.8 Å². The number of ether oxygens (including phenoxy) is 1. The molecule has 0 aliphatic carbocycles. The molecular weight excluding hydrogens is 352 g/mol. The van der Waals surface area contributed by atoms with Crippen LogP contribution in [0, 0.1) is 0 Å². The topological polar surface area (TPSA) is 55.8 Å². The van der Waals surface area contributed by atoms with Crippen LogP contribution in [0.2, 0.25) is 0 Å². The van der Waals surface area contributed by atoms with Crippen molar-refractivity contribution in [1.29, 1.82) is 0 Å². The van der Waals surface area contributed by atoms with Crippen molar-refractivity contribution >= 4 is 17.2 Å². The fraction of sp³-hybridized carbons (Fsp3) is 0.182. The van der Waals surface area contributed by atoms with Gasteiger partial charge < -0.3 is 9.15 Å². The van der Waals surface area contributed by atoms with E-state index in [0.717, 1.165) is 46.8 Å². The summed E-state index contributed by atoms with van der Waals surface area (Å²) in [6.45, 7) is 3.00. The van der Waals surface area contributed by atoms with E-state index < -0.39 is 0 Å². The third kappa shape index (κ3) is 3.30. The summed E-state index contributed by atoms with van der Waals surface area (Å²) in [5.74, 6) is 0.735. The molecule has 2 aromatic heterocycles. The molecule has 0 N–H and O–H groups in total. The first kappa shape index (κ1) is 16.8. The Morgan fingerprint density at radius 1 is 0.964 bits per heavy atom. The molecule has 28 heavy (non-hydrogen) atoms. The fourth-order valence-corrected chi connectivity index (χ4v) is 3.30. The zero-order valence-corrected chi connectivity index (χ0v) is 15.4. The average molecular weight is 372 g/mol. The molecule has 0 unspecified atom stereocenters. The van der Waals surface area contributed by atoms with Crippen LogP contribution in [0.3, 0.4) is 0 Å². The molecule has 0 amide bonds. The van der Waals surface area contributed by atoms with Crippen LogP contribution < -0.4 is 0 Å². The van der Waals surface area contributed by atoms with E-state index in [1.165, 1.54) is 0 Å². The number of benzene rings is 2. The molecule has 1 aliphatic rings. The van der Waals surface area contributed by atoms with E-state index in [1.807, 2.05) is 82.8 Å². The Bertz CT molecular complexity index is 1070. The van der Waals surface area contributed by atoms with Gasteiger partial charge in [-0.3, -0.25) is 5.01 Å². The highest BCUT2D eigenvalue weighted by molar-refractivity contribution is 5.90. The highest BCUT2D eigenvalue weighted by Gasteiger charge is 2.16. The molecule has 1 aliphatic heterocycles. The Labute approximate surface area is 162 Å². The summed E-state index contributed by atoms with van der Waals surface area (Å²) in [7, 11) is 0. The van der Waals surface area contributed by atoms with Crippen LogP contribution in [-0.2, 0) is 4.74 Å². The molecule has 0 atom stereocenters. The summed E-state index contributed by atoms with van der Waals surface area (Å²) in [6, 6.07) is 20.1. The molecule has 5 rings (SSSR count). The maximum Gasteiger partial charge on any atom is 0.156 e. The van der Waals surface area contributed by atoms with Crippen LogP contribution in [0.4, 0.5) is 0 Å². The molecule has 1 saturated heterocycles. The minimum atomic E-state index is 0.705. The zero-order chi connectivity index (χ0) is 18.8. The number of aromatic nitrogens is 2. The number of hydrogen-bond donors (Lipinski definition) is 0. The van der Waals surface area contributed by atoms with Gasteiger partial charge in [0.1, 0.15) is 11.3 Å². The van der Waals surface area contributed by atoms with Crippen LogP contribution in [0.5, 0.6) is 0 Å². The van der Waals surface area contributed by atoms with Crippen LogP contribution in [0.15, 0.2) is 76.4 Å². The van der Waals surface area contributed by atoms with Crippen LogP contribution in [-0.4, -0.2) is 47.3 Å². The SMILES string of the molecule is C(=N\N1CCOCC1)/c1cn(-c2ccccc2)nc1-c1cc2ccccc2o1. The molecule has 2 aromatic carbocycles. The van der Waals surface area contributed by atoms with Gasteiger partial charge >= 0.3 is 0 Å². The summed E-state index contributed by atoms with van der Waals surface area (Å²) in [6.07, 6.45) is 3.85. The Kier molecular flexibility index (Phi) is 4.39. The monoisotopic (exact) mass is 372 g/mol. The molecule has 0 radical (unpaired) electrons.